The van der Waals surface area contributed by atoms with Crippen LogP contribution >= 0.6 is 0 Å². The molecule has 1 saturated carbocycles. The lowest BCUT2D eigenvalue weighted by Gasteiger charge is -2.24. The number of nitrogens with one attached hydrogen (secondary N) is 2. The highest BCUT2D eigenvalue weighted by Gasteiger charge is 2.24. The molecule has 0 radical (unpaired) electrons. The van der Waals surface area contributed by atoms with Crippen LogP contribution in [0.1, 0.15) is 60.3 Å². The lowest BCUT2D eigenvalue weighted by molar-refractivity contribution is 0.0521. The molecule has 1 amide bonds. The van der Waals surface area contributed by atoms with Gasteiger partial charge in [-0.3, -0.25) is 0 Å². The summed E-state index contributed by atoms with van der Waals surface area (Å²) in [6, 6.07) is 0.846. The van der Waals surface area contributed by atoms with E-state index in [-0.39, 0.29) is 6.09 Å². The van der Waals surface area contributed by atoms with Crippen molar-refractivity contribution in [2.24, 2.45) is 5.92 Å². The lowest BCUT2D eigenvalue weighted by Crippen LogP contribution is -2.45. The van der Waals surface area contributed by atoms with Gasteiger partial charge in [0.2, 0.25) is 0 Å². The van der Waals surface area contributed by atoms with Gasteiger partial charge in [-0.1, -0.05) is 19.8 Å². The van der Waals surface area contributed by atoms with E-state index in [1.807, 2.05) is 20.8 Å². The van der Waals surface area contributed by atoms with Crippen molar-refractivity contribution in [1.29, 1.82) is 0 Å². The number of carbonyl (C=O) groups excluding carboxylic acids is 1. The molecule has 2 atom stereocenters. The van der Waals surface area contributed by atoms with Gasteiger partial charge in [0.25, 0.3) is 0 Å². The maximum atomic E-state index is 11.6. The van der Waals surface area contributed by atoms with Crippen molar-refractivity contribution >= 4 is 6.09 Å². The van der Waals surface area contributed by atoms with Crippen LogP contribution in [0.2, 0.25) is 0 Å². The highest BCUT2D eigenvalue weighted by Crippen LogP contribution is 2.33. The van der Waals surface area contributed by atoms with E-state index in [1.165, 1.54) is 19.3 Å². The molecule has 0 aliphatic heterocycles. The monoisotopic (exact) mass is 270 g/mol. The van der Waals surface area contributed by atoms with Crippen LogP contribution in [-0.2, 0) is 4.74 Å². The molecule has 2 unspecified atom stereocenters. The second kappa shape index (κ2) is 7.13. The summed E-state index contributed by atoms with van der Waals surface area (Å²) in [4.78, 5) is 11.6. The highest BCUT2D eigenvalue weighted by molar-refractivity contribution is 5.67. The van der Waals surface area contributed by atoms with E-state index in [1.54, 1.807) is 0 Å². The van der Waals surface area contributed by atoms with Crippen molar-refractivity contribution in [2.45, 2.75) is 78.0 Å². The smallest absolute Gasteiger partial charge is 0.407 e. The highest BCUT2D eigenvalue weighted by atomic mass is 16.6. The Balaban J connectivity index is 2.21. The molecule has 0 heterocycles. The van der Waals surface area contributed by atoms with Gasteiger partial charge >= 0.3 is 6.09 Å². The molecule has 0 bridgehead atoms. The van der Waals surface area contributed by atoms with E-state index in [0.717, 1.165) is 12.3 Å². The maximum absolute atomic E-state index is 11.6. The summed E-state index contributed by atoms with van der Waals surface area (Å²) in [6.45, 7) is 10.6. The standard InChI is InChI=1S/C15H30N2O2/c1-6-13(17-11(2)9-12-7-8-12)10-16-14(18)19-15(3,4)5/h11-13,17H,6-10H2,1-5H3,(H,16,18). The van der Waals surface area contributed by atoms with E-state index < -0.39 is 5.60 Å². The molecule has 4 nitrogen and oxygen atoms in total. The minimum Gasteiger partial charge on any atom is -0.444 e. The SMILES string of the molecule is CCC(CNC(=O)OC(C)(C)C)NC(C)CC1CC1. The Bertz CT molecular complexity index is 282. The number of hydrogen-bond donors (Lipinski definition) is 2. The molecule has 0 aromatic rings. The zero-order chi connectivity index (χ0) is 14.5. The quantitative estimate of drug-likeness (QED) is 0.747. The van der Waals surface area contributed by atoms with Crippen molar-refractivity contribution in [3.05, 3.63) is 0 Å². The van der Waals surface area contributed by atoms with Crippen molar-refractivity contribution < 1.29 is 9.53 Å². The first-order chi connectivity index (χ1) is 8.80. The Morgan fingerprint density at radius 3 is 2.47 bits per heavy atom. The predicted molar refractivity (Wildman–Crippen MR) is 78.3 cm³/mol. The number of hydrogen-bond acceptors (Lipinski definition) is 3. The van der Waals surface area contributed by atoms with Gasteiger partial charge in [-0.2, -0.15) is 0 Å². The molecule has 1 aliphatic rings. The van der Waals surface area contributed by atoms with Gasteiger partial charge in [0, 0.05) is 18.6 Å². The fourth-order valence-electron chi connectivity index (χ4n) is 2.17. The zero-order valence-corrected chi connectivity index (χ0v) is 13.1. The summed E-state index contributed by atoms with van der Waals surface area (Å²) in [6.07, 6.45) is 4.70. The molecular formula is C15H30N2O2. The molecule has 0 aromatic heterocycles. The molecule has 4 heteroatoms. The lowest BCUT2D eigenvalue weighted by atomic mass is 10.1. The van der Waals surface area contributed by atoms with E-state index >= 15 is 0 Å². The Hall–Kier alpha value is -0.770. The molecule has 0 aromatic carbocycles. The minimum atomic E-state index is -0.432. The van der Waals surface area contributed by atoms with Crippen molar-refractivity contribution in [3.8, 4) is 0 Å². The van der Waals surface area contributed by atoms with E-state index in [4.69, 9.17) is 4.74 Å². The van der Waals surface area contributed by atoms with Gasteiger partial charge in [-0.05, 0) is 46.5 Å². The van der Waals surface area contributed by atoms with Gasteiger partial charge in [-0.15, -0.1) is 0 Å². The normalized spacial score (nSPS) is 18.8. The third kappa shape index (κ3) is 8.09. The Morgan fingerprint density at radius 1 is 1.37 bits per heavy atom. The van der Waals surface area contributed by atoms with E-state index in [2.05, 4.69) is 24.5 Å². The summed E-state index contributed by atoms with van der Waals surface area (Å²) in [7, 11) is 0. The summed E-state index contributed by atoms with van der Waals surface area (Å²) >= 11 is 0. The molecular weight excluding hydrogens is 240 g/mol. The van der Waals surface area contributed by atoms with Crippen molar-refractivity contribution in [2.75, 3.05) is 6.54 Å². The number of alkyl carbamates (subject to hydrolysis) is 1. The minimum absolute atomic E-state index is 0.321. The van der Waals surface area contributed by atoms with Crippen LogP contribution in [0.4, 0.5) is 4.79 Å². The average molecular weight is 270 g/mol. The van der Waals surface area contributed by atoms with Gasteiger partial charge in [0.1, 0.15) is 5.60 Å². The fourth-order valence-corrected chi connectivity index (χ4v) is 2.17. The zero-order valence-electron chi connectivity index (χ0n) is 13.1. The average Bonchev–Trinajstić information content (AvgIpc) is 3.05. The molecule has 19 heavy (non-hydrogen) atoms. The molecule has 0 spiro atoms. The fraction of sp³-hybridized carbons (Fsp3) is 0.933. The van der Waals surface area contributed by atoms with Gasteiger partial charge in [-0.25, -0.2) is 4.79 Å². The van der Waals surface area contributed by atoms with Crippen molar-refractivity contribution in [1.82, 2.24) is 10.6 Å². The first-order valence-corrected chi connectivity index (χ1v) is 7.53. The topological polar surface area (TPSA) is 50.4 Å². The Kier molecular flexibility index (Phi) is 6.11. The number of rotatable bonds is 7. The Morgan fingerprint density at radius 2 is 2.00 bits per heavy atom. The molecule has 1 aliphatic carbocycles. The van der Waals surface area contributed by atoms with Crippen molar-refractivity contribution in [3.63, 3.8) is 0 Å². The van der Waals surface area contributed by atoms with Crippen LogP contribution in [0.3, 0.4) is 0 Å². The van der Waals surface area contributed by atoms with Crippen LogP contribution in [0.15, 0.2) is 0 Å². The number of ether oxygens (including phenoxy) is 1. The van der Waals surface area contributed by atoms with Crippen LogP contribution < -0.4 is 10.6 Å². The largest absolute Gasteiger partial charge is 0.444 e. The Labute approximate surface area is 117 Å². The van der Waals surface area contributed by atoms with Gasteiger partial charge < -0.3 is 15.4 Å². The van der Waals surface area contributed by atoms with E-state index in [0.29, 0.717) is 18.6 Å². The molecule has 2 N–H and O–H groups in total. The van der Waals surface area contributed by atoms with Crippen LogP contribution in [-0.4, -0.2) is 30.3 Å². The summed E-state index contributed by atoms with van der Waals surface area (Å²) in [5, 5.41) is 6.43. The van der Waals surface area contributed by atoms with Crippen LogP contribution in [0, 0.1) is 5.92 Å². The first-order valence-electron chi connectivity index (χ1n) is 7.53. The van der Waals surface area contributed by atoms with Gasteiger partial charge in [0.15, 0.2) is 0 Å². The molecule has 112 valence electrons. The summed E-state index contributed by atoms with van der Waals surface area (Å²) in [5.41, 5.74) is -0.432. The molecule has 0 saturated heterocycles. The summed E-state index contributed by atoms with van der Waals surface area (Å²) < 4.78 is 5.23. The van der Waals surface area contributed by atoms with Crippen LogP contribution in [0.25, 0.3) is 0 Å². The summed E-state index contributed by atoms with van der Waals surface area (Å²) in [5.74, 6) is 0.929. The van der Waals surface area contributed by atoms with Crippen LogP contribution in [0.5, 0.6) is 0 Å². The van der Waals surface area contributed by atoms with E-state index in [9.17, 15) is 4.79 Å². The second-order valence-corrected chi connectivity index (χ2v) is 6.73. The molecule has 1 rings (SSSR count). The number of carbonyl (C=O) groups is 1. The maximum Gasteiger partial charge on any atom is 0.407 e. The van der Waals surface area contributed by atoms with Gasteiger partial charge in [0.05, 0.1) is 0 Å². The second-order valence-electron chi connectivity index (χ2n) is 6.73. The third-order valence-corrected chi connectivity index (χ3v) is 3.29. The number of amides is 1. The first kappa shape index (κ1) is 16.3. The predicted octanol–water partition coefficient (Wildman–Crippen LogP) is 3.07. The third-order valence-electron chi connectivity index (χ3n) is 3.29. The molecule has 1 fully saturated rings.